The molecule has 7 nitrogen and oxygen atoms in total. The molecule has 1 amide bonds. The molecule has 2 aromatic carbocycles. The van der Waals surface area contributed by atoms with Crippen molar-refractivity contribution in [3.63, 3.8) is 0 Å². The van der Waals surface area contributed by atoms with Gasteiger partial charge in [0.2, 0.25) is 0 Å². The minimum atomic E-state index is -0.165. The summed E-state index contributed by atoms with van der Waals surface area (Å²) in [6.45, 7) is 2.87. The number of nitrogens with one attached hydrogen (secondary N) is 1. The van der Waals surface area contributed by atoms with Gasteiger partial charge in [0.05, 0.1) is 26.8 Å². The third kappa shape index (κ3) is 4.83. The standard InChI is InChI=1S/C25H25N3O4/c1-17-24(4-7-32-17)20-8-19(15-28-6-5-26-16-28)9-21(12-20)25(29)27-14-18-10-22(30-2)13-23(11-18)31-3/h4-13,16H,14-15H2,1-3H3,(H,27,29). The SMILES string of the molecule is COc1cc(CNC(=O)c2cc(Cn3ccnc3)cc(-c3ccoc3C)c2)cc(OC)c1. The van der Waals surface area contributed by atoms with E-state index in [9.17, 15) is 4.79 Å². The number of carbonyl (C=O) groups is 1. The summed E-state index contributed by atoms with van der Waals surface area (Å²) in [4.78, 5) is 17.2. The molecule has 7 heteroatoms. The number of aryl methyl sites for hydroxylation is 1. The summed E-state index contributed by atoms with van der Waals surface area (Å²) in [6.07, 6.45) is 7.04. The summed E-state index contributed by atoms with van der Waals surface area (Å²) in [5.41, 5.74) is 4.35. The van der Waals surface area contributed by atoms with E-state index in [1.807, 2.05) is 48.0 Å². The number of rotatable bonds is 8. The van der Waals surface area contributed by atoms with Crippen LogP contribution in [0.5, 0.6) is 11.5 Å². The Morgan fingerprint density at radius 2 is 1.84 bits per heavy atom. The zero-order chi connectivity index (χ0) is 22.5. The molecule has 0 fully saturated rings. The molecule has 0 atom stereocenters. The van der Waals surface area contributed by atoms with E-state index in [4.69, 9.17) is 13.9 Å². The van der Waals surface area contributed by atoms with E-state index < -0.39 is 0 Å². The Balaban J connectivity index is 1.60. The van der Waals surface area contributed by atoms with Gasteiger partial charge in [-0.2, -0.15) is 0 Å². The minimum absolute atomic E-state index is 0.165. The van der Waals surface area contributed by atoms with Crippen molar-refractivity contribution in [2.75, 3.05) is 14.2 Å². The van der Waals surface area contributed by atoms with E-state index in [-0.39, 0.29) is 5.91 Å². The highest BCUT2D eigenvalue weighted by Gasteiger charge is 2.13. The van der Waals surface area contributed by atoms with E-state index in [1.165, 1.54) is 0 Å². The summed E-state index contributed by atoms with van der Waals surface area (Å²) < 4.78 is 18.1. The largest absolute Gasteiger partial charge is 0.497 e. The zero-order valence-electron chi connectivity index (χ0n) is 18.3. The lowest BCUT2D eigenvalue weighted by molar-refractivity contribution is 0.0950. The average Bonchev–Trinajstić information content (AvgIpc) is 3.48. The van der Waals surface area contributed by atoms with Crippen LogP contribution < -0.4 is 14.8 Å². The molecule has 0 spiro atoms. The highest BCUT2D eigenvalue weighted by Crippen LogP contribution is 2.27. The maximum Gasteiger partial charge on any atom is 0.251 e. The molecule has 0 aliphatic rings. The maximum absolute atomic E-state index is 13.1. The van der Waals surface area contributed by atoms with Gasteiger partial charge in [-0.05, 0) is 60.0 Å². The summed E-state index contributed by atoms with van der Waals surface area (Å²) in [7, 11) is 3.20. The summed E-state index contributed by atoms with van der Waals surface area (Å²) in [5, 5.41) is 3.00. The van der Waals surface area contributed by atoms with E-state index in [0.717, 1.165) is 28.0 Å². The van der Waals surface area contributed by atoms with E-state index in [0.29, 0.717) is 30.2 Å². The number of imidazole rings is 1. The number of furan rings is 1. The number of amides is 1. The van der Waals surface area contributed by atoms with Gasteiger partial charge in [-0.15, -0.1) is 0 Å². The molecular formula is C25H25N3O4. The van der Waals surface area contributed by atoms with Gasteiger partial charge in [-0.25, -0.2) is 4.98 Å². The first-order valence-electron chi connectivity index (χ1n) is 10.2. The Labute approximate surface area is 186 Å². The molecule has 0 aliphatic heterocycles. The number of benzene rings is 2. The fourth-order valence-corrected chi connectivity index (χ4v) is 3.60. The van der Waals surface area contributed by atoms with Gasteiger partial charge >= 0.3 is 0 Å². The molecule has 4 rings (SSSR count). The van der Waals surface area contributed by atoms with Gasteiger partial charge in [0.25, 0.3) is 5.91 Å². The van der Waals surface area contributed by atoms with E-state index in [2.05, 4.69) is 16.4 Å². The lowest BCUT2D eigenvalue weighted by atomic mass is 9.99. The molecule has 0 radical (unpaired) electrons. The lowest BCUT2D eigenvalue weighted by Gasteiger charge is -2.12. The van der Waals surface area contributed by atoms with E-state index >= 15 is 0 Å². The first-order chi connectivity index (χ1) is 15.6. The van der Waals surface area contributed by atoms with Crippen LogP contribution >= 0.6 is 0 Å². The van der Waals surface area contributed by atoms with Crippen LogP contribution in [0, 0.1) is 6.92 Å². The van der Waals surface area contributed by atoms with Crippen molar-refractivity contribution in [1.29, 1.82) is 0 Å². The van der Waals surface area contributed by atoms with Gasteiger partial charge < -0.3 is 23.8 Å². The van der Waals surface area contributed by atoms with Gasteiger partial charge in [0.1, 0.15) is 17.3 Å². The fourth-order valence-electron chi connectivity index (χ4n) is 3.60. The molecule has 164 valence electrons. The number of methoxy groups -OCH3 is 2. The predicted molar refractivity (Wildman–Crippen MR) is 121 cm³/mol. The van der Waals surface area contributed by atoms with Gasteiger partial charge in [-0.1, -0.05) is 0 Å². The van der Waals surface area contributed by atoms with Crippen molar-refractivity contribution < 1.29 is 18.7 Å². The Kier molecular flexibility index (Phi) is 6.26. The topological polar surface area (TPSA) is 78.5 Å². The molecule has 1 N–H and O–H groups in total. The number of nitrogens with zero attached hydrogens (tertiary/aromatic N) is 2. The number of hydrogen-bond donors (Lipinski definition) is 1. The van der Waals surface area contributed by atoms with Crippen molar-refractivity contribution in [2.45, 2.75) is 20.0 Å². The predicted octanol–water partition coefficient (Wildman–Crippen LogP) is 4.45. The average molecular weight is 431 g/mol. The molecule has 2 heterocycles. The minimum Gasteiger partial charge on any atom is -0.497 e. The zero-order valence-corrected chi connectivity index (χ0v) is 18.3. The van der Waals surface area contributed by atoms with Crippen LogP contribution in [0.15, 0.2) is 71.9 Å². The number of ether oxygens (including phenoxy) is 2. The first-order valence-corrected chi connectivity index (χ1v) is 10.2. The maximum atomic E-state index is 13.1. The molecule has 0 unspecified atom stereocenters. The second-order valence-electron chi connectivity index (χ2n) is 7.45. The van der Waals surface area contributed by atoms with Crippen LogP contribution in [0.1, 0.15) is 27.2 Å². The highest BCUT2D eigenvalue weighted by atomic mass is 16.5. The van der Waals surface area contributed by atoms with Crippen molar-refractivity contribution in [3.8, 4) is 22.6 Å². The lowest BCUT2D eigenvalue weighted by Crippen LogP contribution is -2.23. The molecule has 4 aromatic rings. The number of carbonyl (C=O) groups excluding carboxylic acids is 1. The number of aromatic nitrogens is 2. The van der Waals surface area contributed by atoms with Crippen molar-refractivity contribution in [1.82, 2.24) is 14.9 Å². The second-order valence-corrected chi connectivity index (χ2v) is 7.45. The van der Waals surface area contributed by atoms with Crippen LogP contribution in [-0.2, 0) is 13.1 Å². The fraction of sp³-hybridized carbons (Fsp3) is 0.200. The first kappa shape index (κ1) is 21.2. The van der Waals surface area contributed by atoms with Crippen LogP contribution in [-0.4, -0.2) is 29.7 Å². The second kappa shape index (κ2) is 9.43. The molecular weight excluding hydrogens is 406 g/mol. The van der Waals surface area contributed by atoms with Gasteiger partial charge in [-0.3, -0.25) is 4.79 Å². The third-order valence-electron chi connectivity index (χ3n) is 5.21. The molecule has 0 saturated carbocycles. The van der Waals surface area contributed by atoms with Crippen LogP contribution in [0.3, 0.4) is 0 Å². The normalized spacial score (nSPS) is 10.7. The highest BCUT2D eigenvalue weighted by molar-refractivity contribution is 5.95. The van der Waals surface area contributed by atoms with Gasteiger partial charge in [0.15, 0.2) is 0 Å². The van der Waals surface area contributed by atoms with Crippen LogP contribution in [0.25, 0.3) is 11.1 Å². The molecule has 0 aliphatic carbocycles. The Morgan fingerprint density at radius 1 is 1.06 bits per heavy atom. The monoisotopic (exact) mass is 431 g/mol. The number of hydrogen-bond acceptors (Lipinski definition) is 5. The summed E-state index contributed by atoms with van der Waals surface area (Å²) >= 11 is 0. The molecule has 2 aromatic heterocycles. The van der Waals surface area contributed by atoms with Crippen molar-refractivity contribution in [3.05, 3.63) is 89.9 Å². The van der Waals surface area contributed by atoms with Crippen LogP contribution in [0.4, 0.5) is 0 Å². The van der Waals surface area contributed by atoms with Gasteiger partial charge in [0, 0.05) is 42.7 Å². The van der Waals surface area contributed by atoms with Crippen molar-refractivity contribution >= 4 is 5.91 Å². The molecule has 0 saturated heterocycles. The Hall–Kier alpha value is -4.00. The summed E-state index contributed by atoms with van der Waals surface area (Å²) in [6, 6.07) is 13.3. The molecule has 32 heavy (non-hydrogen) atoms. The Morgan fingerprint density at radius 3 is 2.47 bits per heavy atom. The summed E-state index contributed by atoms with van der Waals surface area (Å²) in [5.74, 6) is 1.99. The van der Waals surface area contributed by atoms with Crippen LogP contribution in [0.2, 0.25) is 0 Å². The molecule has 0 bridgehead atoms. The smallest absolute Gasteiger partial charge is 0.251 e. The Bertz CT molecular complexity index is 1190. The third-order valence-corrected chi connectivity index (χ3v) is 5.21. The quantitative estimate of drug-likeness (QED) is 0.446. The van der Waals surface area contributed by atoms with E-state index in [1.54, 1.807) is 39.1 Å². The van der Waals surface area contributed by atoms with Crippen molar-refractivity contribution in [2.24, 2.45) is 0 Å².